The highest BCUT2D eigenvalue weighted by molar-refractivity contribution is 6.65. The van der Waals surface area contributed by atoms with Gasteiger partial charge >= 0.3 is 0 Å². The molecule has 1 aromatic rings. The van der Waals surface area contributed by atoms with Gasteiger partial charge in [-0.25, -0.2) is 9.97 Å². The lowest BCUT2D eigenvalue weighted by atomic mass is 10.2. The lowest BCUT2D eigenvalue weighted by Crippen LogP contribution is -2.11. The minimum atomic E-state index is -0.843. The molecule has 1 aliphatic rings. The number of aliphatic hydroxyl groups excluding tert-OH is 1. The Hall–Kier alpha value is -1.11. The molecule has 0 saturated carbocycles. The molecule has 6 nitrogen and oxygen atoms in total. The van der Waals surface area contributed by atoms with Crippen molar-refractivity contribution < 1.29 is 9.94 Å². The number of hydrogen-bond donors (Lipinski definition) is 2. The second kappa shape index (κ2) is 4.64. The number of oxime groups is 1. The van der Waals surface area contributed by atoms with Crippen molar-refractivity contribution in [2.45, 2.75) is 25.6 Å². The highest BCUT2D eigenvalue weighted by atomic mass is 35.5. The first kappa shape index (κ1) is 12.3. The van der Waals surface area contributed by atoms with Crippen molar-refractivity contribution in [1.29, 1.82) is 0 Å². The molecule has 8 heteroatoms. The zero-order valence-corrected chi connectivity index (χ0v) is 10.4. The van der Waals surface area contributed by atoms with E-state index in [1.165, 1.54) is 6.92 Å². The van der Waals surface area contributed by atoms with Crippen molar-refractivity contribution in [3.63, 3.8) is 0 Å². The minimum Gasteiger partial charge on any atom is -0.387 e. The number of rotatable bonds is 2. The molecule has 0 aliphatic carbocycles. The third-order valence-corrected chi connectivity index (χ3v) is 2.85. The number of nitrogens with two attached hydrogens (primary N) is 1. The average Bonchev–Trinajstić information content (AvgIpc) is 2.68. The summed E-state index contributed by atoms with van der Waals surface area (Å²) in [5, 5.41) is 13.6. The SMILES string of the molecule is CC(O)c1nc(C2CC(Cl)=NO2)nc(N)c1Cl. The van der Waals surface area contributed by atoms with Gasteiger partial charge in [0.05, 0.1) is 18.2 Å². The van der Waals surface area contributed by atoms with Crippen LogP contribution in [0.25, 0.3) is 0 Å². The molecule has 1 aromatic heterocycles. The van der Waals surface area contributed by atoms with E-state index in [2.05, 4.69) is 15.1 Å². The molecule has 2 rings (SSSR count). The Bertz CT molecular complexity index is 478. The summed E-state index contributed by atoms with van der Waals surface area (Å²) in [6.45, 7) is 1.54. The van der Waals surface area contributed by atoms with Gasteiger partial charge in [-0.15, -0.1) is 0 Å². The van der Waals surface area contributed by atoms with Gasteiger partial charge < -0.3 is 15.7 Å². The van der Waals surface area contributed by atoms with Crippen LogP contribution < -0.4 is 5.73 Å². The molecule has 17 heavy (non-hydrogen) atoms. The molecule has 0 spiro atoms. The molecular weight excluding hydrogens is 267 g/mol. The average molecular weight is 277 g/mol. The van der Waals surface area contributed by atoms with E-state index in [0.717, 1.165) is 0 Å². The van der Waals surface area contributed by atoms with Crippen LogP contribution in [-0.2, 0) is 4.84 Å². The van der Waals surface area contributed by atoms with Crippen LogP contribution in [0.3, 0.4) is 0 Å². The van der Waals surface area contributed by atoms with E-state index in [1.54, 1.807) is 0 Å². The standard InChI is InChI=1S/C9H10Cl2N4O2/c1-3(16)7-6(11)8(12)14-9(13-7)4-2-5(10)15-17-4/h3-4,16H,2H2,1H3,(H2,12,13,14). The molecule has 0 fully saturated rings. The second-order valence-electron chi connectivity index (χ2n) is 3.61. The van der Waals surface area contributed by atoms with Crippen LogP contribution in [0.5, 0.6) is 0 Å². The van der Waals surface area contributed by atoms with Crippen LogP contribution in [0.4, 0.5) is 5.82 Å². The lowest BCUT2D eigenvalue weighted by molar-refractivity contribution is 0.0784. The number of aliphatic hydroxyl groups is 1. The van der Waals surface area contributed by atoms with Gasteiger partial charge in [-0.3, -0.25) is 0 Å². The highest BCUT2D eigenvalue weighted by Gasteiger charge is 2.27. The van der Waals surface area contributed by atoms with Gasteiger partial charge in [0, 0.05) is 0 Å². The summed E-state index contributed by atoms with van der Waals surface area (Å²) in [5.41, 5.74) is 5.91. The van der Waals surface area contributed by atoms with E-state index < -0.39 is 12.2 Å². The third kappa shape index (κ3) is 2.43. The number of halogens is 2. The van der Waals surface area contributed by atoms with Crippen molar-refractivity contribution >= 4 is 34.2 Å². The Morgan fingerprint density at radius 3 is 2.71 bits per heavy atom. The molecule has 1 aliphatic heterocycles. The fraction of sp³-hybridized carbons (Fsp3) is 0.444. The largest absolute Gasteiger partial charge is 0.387 e. The molecule has 0 bridgehead atoms. The summed E-state index contributed by atoms with van der Waals surface area (Å²) in [6, 6.07) is 0. The third-order valence-electron chi connectivity index (χ3n) is 2.24. The predicted octanol–water partition coefficient (Wildman–Crippen LogP) is 1.78. The van der Waals surface area contributed by atoms with E-state index >= 15 is 0 Å². The Balaban J connectivity index is 2.36. The minimum absolute atomic E-state index is 0.0965. The van der Waals surface area contributed by atoms with Crippen LogP contribution >= 0.6 is 23.2 Å². The topological polar surface area (TPSA) is 93.6 Å². The number of hydrogen-bond acceptors (Lipinski definition) is 6. The molecule has 2 unspecified atom stereocenters. The fourth-order valence-corrected chi connectivity index (χ4v) is 1.83. The molecule has 0 amide bonds. The fourth-order valence-electron chi connectivity index (χ4n) is 1.41. The zero-order valence-electron chi connectivity index (χ0n) is 8.89. The van der Waals surface area contributed by atoms with E-state index in [4.69, 9.17) is 33.8 Å². The zero-order chi connectivity index (χ0) is 12.6. The van der Waals surface area contributed by atoms with E-state index in [9.17, 15) is 5.11 Å². The van der Waals surface area contributed by atoms with Crippen LogP contribution in [0.1, 0.15) is 37.1 Å². The van der Waals surface area contributed by atoms with Crippen LogP contribution in [-0.4, -0.2) is 20.2 Å². The lowest BCUT2D eigenvalue weighted by Gasteiger charge is -2.12. The summed E-state index contributed by atoms with van der Waals surface area (Å²) in [6.07, 6.45) is -0.953. The quantitative estimate of drug-likeness (QED) is 0.859. The smallest absolute Gasteiger partial charge is 0.193 e. The van der Waals surface area contributed by atoms with Gasteiger partial charge in [-0.05, 0) is 6.92 Å². The van der Waals surface area contributed by atoms with Gasteiger partial charge in [0.2, 0.25) is 0 Å². The number of nitrogens with zero attached hydrogens (tertiary/aromatic N) is 3. The van der Waals surface area contributed by atoms with Crippen molar-refractivity contribution in [3.05, 3.63) is 16.5 Å². The van der Waals surface area contributed by atoms with Crippen molar-refractivity contribution in [2.24, 2.45) is 5.16 Å². The van der Waals surface area contributed by atoms with Gasteiger partial charge in [0.15, 0.2) is 11.9 Å². The molecule has 0 saturated heterocycles. The number of nitrogen functional groups attached to an aromatic ring is 1. The van der Waals surface area contributed by atoms with E-state index in [-0.39, 0.29) is 16.5 Å². The first-order valence-corrected chi connectivity index (χ1v) is 5.63. The van der Waals surface area contributed by atoms with Crippen molar-refractivity contribution in [2.75, 3.05) is 5.73 Å². The van der Waals surface area contributed by atoms with E-state index in [0.29, 0.717) is 17.4 Å². The van der Waals surface area contributed by atoms with Gasteiger partial charge in [0.1, 0.15) is 16.0 Å². The summed E-state index contributed by atoms with van der Waals surface area (Å²) in [5.74, 6) is 0.404. The summed E-state index contributed by atoms with van der Waals surface area (Å²) in [4.78, 5) is 13.1. The monoisotopic (exact) mass is 276 g/mol. The maximum absolute atomic E-state index is 9.52. The molecule has 2 atom stereocenters. The summed E-state index contributed by atoms with van der Waals surface area (Å²) < 4.78 is 0. The molecule has 92 valence electrons. The summed E-state index contributed by atoms with van der Waals surface area (Å²) in [7, 11) is 0. The molecular formula is C9H10Cl2N4O2. The Morgan fingerprint density at radius 1 is 1.47 bits per heavy atom. The maximum Gasteiger partial charge on any atom is 0.193 e. The first-order valence-electron chi connectivity index (χ1n) is 4.88. The maximum atomic E-state index is 9.52. The molecule has 2 heterocycles. The van der Waals surface area contributed by atoms with Gasteiger partial charge in [-0.1, -0.05) is 28.4 Å². The van der Waals surface area contributed by atoms with Gasteiger partial charge in [0.25, 0.3) is 0 Å². The van der Waals surface area contributed by atoms with Crippen molar-refractivity contribution in [3.8, 4) is 0 Å². The number of anilines is 1. The Kier molecular flexibility index (Phi) is 3.37. The normalized spacial score (nSPS) is 20.9. The van der Waals surface area contributed by atoms with Crippen molar-refractivity contribution in [1.82, 2.24) is 9.97 Å². The first-order chi connectivity index (χ1) is 7.99. The second-order valence-corrected chi connectivity index (χ2v) is 4.42. The predicted molar refractivity (Wildman–Crippen MR) is 63.8 cm³/mol. The Labute approximate surface area is 107 Å². The molecule has 3 N–H and O–H groups in total. The highest BCUT2D eigenvalue weighted by Crippen LogP contribution is 2.31. The molecule has 0 radical (unpaired) electrons. The van der Waals surface area contributed by atoms with Crippen LogP contribution in [0.2, 0.25) is 5.02 Å². The summed E-state index contributed by atoms with van der Waals surface area (Å²) >= 11 is 11.6. The Morgan fingerprint density at radius 2 is 2.18 bits per heavy atom. The van der Waals surface area contributed by atoms with Crippen LogP contribution in [0, 0.1) is 0 Å². The van der Waals surface area contributed by atoms with E-state index in [1.807, 2.05) is 0 Å². The molecule has 0 aromatic carbocycles. The number of aromatic nitrogens is 2. The van der Waals surface area contributed by atoms with Crippen LogP contribution in [0.15, 0.2) is 5.16 Å². The van der Waals surface area contributed by atoms with Gasteiger partial charge in [-0.2, -0.15) is 0 Å².